The normalized spacial score (nSPS) is 14.7. The number of pyridine rings is 1. The zero-order chi connectivity index (χ0) is 24.3. The second kappa shape index (κ2) is 11.2. The molecule has 1 aliphatic heterocycles. The van der Waals surface area contributed by atoms with Crippen molar-refractivity contribution in [1.82, 2.24) is 18.8 Å². The molecule has 1 N–H and O–H groups in total. The van der Waals surface area contributed by atoms with E-state index in [4.69, 9.17) is 16.7 Å². The van der Waals surface area contributed by atoms with Crippen molar-refractivity contribution >= 4 is 40.0 Å². The second-order valence-corrected chi connectivity index (χ2v) is 10.3. The van der Waals surface area contributed by atoms with Crippen LogP contribution < -0.4 is 0 Å². The van der Waals surface area contributed by atoms with E-state index in [-0.39, 0.29) is 34.4 Å². The Bertz CT molecular complexity index is 1350. The van der Waals surface area contributed by atoms with Gasteiger partial charge < -0.3 is 9.67 Å². The summed E-state index contributed by atoms with van der Waals surface area (Å²) in [5, 5.41) is 18.7. The fourth-order valence-corrected chi connectivity index (χ4v) is 5.76. The molecule has 0 aliphatic carbocycles. The molecular formula is C23H23Cl2N5O4S. The van der Waals surface area contributed by atoms with Gasteiger partial charge in [0.25, 0.3) is 0 Å². The van der Waals surface area contributed by atoms with Gasteiger partial charge in [0.15, 0.2) is 0 Å². The molecule has 0 amide bonds. The number of carboxylic acid groups (broad SMARTS) is 1. The molecule has 0 bridgehead atoms. The number of halogens is 2. The number of nitriles is 1. The lowest BCUT2D eigenvalue weighted by atomic mass is 10.1. The first-order valence-corrected chi connectivity index (χ1v) is 12.3. The first-order valence-electron chi connectivity index (χ1n) is 10.5. The minimum absolute atomic E-state index is 0. The van der Waals surface area contributed by atoms with E-state index in [1.165, 1.54) is 33.4 Å². The summed E-state index contributed by atoms with van der Waals surface area (Å²) in [7, 11) is -3.81. The van der Waals surface area contributed by atoms with Crippen LogP contribution in [0.4, 0.5) is 0 Å². The summed E-state index contributed by atoms with van der Waals surface area (Å²) < 4.78 is 29.6. The number of carboxylic acids is 1. The molecule has 184 valence electrons. The van der Waals surface area contributed by atoms with Crippen LogP contribution in [0.1, 0.15) is 11.1 Å². The molecule has 3 heterocycles. The summed E-state index contributed by atoms with van der Waals surface area (Å²) >= 11 is 6.26. The van der Waals surface area contributed by atoms with Crippen LogP contribution in [0.15, 0.2) is 60.0 Å². The Morgan fingerprint density at radius 2 is 1.80 bits per heavy atom. The van der Waals surface area contributed by atoms with Gasteiger partial charge in [-0.1, -0.05) is 11.6 Å². The van der Waals surface area contributed by atoms with Crippen LogP contribution in [0, 0.1) is 11.3 Å². The lowest BCUT2D eigenvalue weighted by Gasteiger charge is -2.34. The van der Waals surface area contributed by atoms with Gasteiger partial charge in [-0.05, 0) is 41.5 Å². The van der Waals surface area contributed by atoms with E-state index in [1.54, 1.807) is 18.5 Å². The minimum atomic E-state index is -3.81. The van der Waals surface area contributed by atoms with Crippen LogP contribution in [0.5, 0.6) is 0 Å². The first-order chi connectivity index (χ1) is 16.3. The fraction of sp³-hybridized carbons (Fsp3) is 0.261. The molecule has 2 aromatic heterocycles. The number of aromatic nitrogens is 2. The third-order valence-electron chi connectivity index (χ3n) is 5.63. The maximum atomic E-state index is 13.4. The van der Waals surface area contributed by atoms with Gasteiger partial charge in [-0.15, -0.1) is 12.4 Å². The largest absolute Gasteiger partial charge is 0.480 e. The summed E-state index contributed by atoms with van der Waals surface area (Å²) in [5.41, 5.74) is 2.21. The molecule has 1 saturated heterocycles. The van der Waals surface area contributed by atoms with E-state index < -0.39 is 16.0 Å². The minimum Gasteiger partial charge on any atom is -0.480 e. The van der Waals surface area contributed by atoms with Crippen molar-refractivity contribution in [3.63, 3.8) is 0 Å². The molecule has 3 aromatic rings. The number of carbonyl (C=O) groups is 1. The van der Waals surface area contributed by atoms with Crippen LogP contribution in [0.3, 0.4) is 0 Å². The molecule has 35 heavy (non-hydrogen) atoms. The Morgan fingerprint density at radius 3 is 2.43 bits per heavy atom. The van der Waals surface area contributed by atoms with Crippen LogP contribution in [0.2, 0.25) is 5.02 Å². The Hall–Kier alpha value is -2.94. The number of hydrogen-bond acceptors (Lipinski definition) is 6. The highest BCUT2D eigenvalue weighted by atomic mass is 35.5. The van der Waals surface area contributed by atoms with E-state index in [2.05, 4.69) is 9.88 Å². The third kappa shape index (κ3) is 6.20. The maximum absolute atomic E-state index is 13.4. The van der Waals surface area contributed by atoms with Crippen LogP contribution >= 0.6 is 24.0 Å². The molecular weight excluding hydrogens is 513 g/mol. The molecule has 0 saturated carbocycles. The van der Waals surface area contributed by atoms with Gasteiger partial charge in [-0.25, -0.2) is 8.42 Å². The molecule has 0 radical (unpaired) electrons. The molecule has 0 spiro atoms. The van der Waals surface area contributed by atoms with E-state index >= 15 is 0 Å². The van der Waals surface area contributed by atoms with Gasteiger partial charge in [0.2, 0.25) is 10.0 Å². The molecule has 1 fully saturated rings. The molecule has 4 rings (SSSR count). The Balaban J connectivity index is 0.00000342. The number of piperazine rings is 1. The smallest absolute Gasteiger partial charge is 0.323 e. The lowest BCUT2D eigenvalue weighted by molar-refractivity contribution is -0.137. The van der Waals surface area contributed by atoms with Crippen LogP contribution in [0.25, 0.3) is 11.1 Å². The van der Waals surface area contributed by atoms with Gasteiger partial charge in [-0.3, -0.25) is 14.7 Å². The second-order valence-electron chi connectivity index (χ2n) is 7.97. The van der Waals surface area contributed by atoms with Crippen molar-refractivity contribution < 1.29 is 18.3 Å². The Morgan fingerprint density at radius 1 is 1.11 bits per heavy atom. The number of benzene rings is 1. The molecule has 9 nitrogen and oxygen atoms in total. The standard InChI is InChI=1S/C23H22ClN5O4S.ClH/c24-20-9-18(22-15-28(16-23(30)31)14-19(22)12-25)10-21(11-20)34(32,33)29-7-5-27(6-8-29)13-17-1-3-26-4-2-17;/h1-4,9-11,14-15H,5-8,13,16H2,(H,30,31);1H. The predicted octanol–water partition coefficient (Wildman–Crippen LogP) is 3.09. The highest BCUT2D eigenvalue weighted by molar-refractivity contribution is 7.89. The van der Waals surface area contributed by atoms with Crippen molar-refractivity contribution in [3.05, 3.63) is 71.3 Å². The zero-order valence-electron chi connectivity index (χ0n) is 18.5. The number of hydrogen-bond donors (Lipinski definition) is 1. The van der Waals surface area contributed by atoms with Crippen LogP contribution in [-0.2, 0) is 27.9 Å². The van der Waals surface area contributed by atoms with E-state index in [9.17, 15) is 18.5 Å². The van der Waals surface area contributed by atoms with Crippen molar-refractivity contribution in [2.24, 2.45) is 0 Å². The molecule has 0 atom stereocenters. The highest BCUT2D eigenvalue weighted by Crippen LogP contribution is 2.31. The molecule has 12 heteroatoms. The zero-order valence-corrected chi connectivity index (χ0v) is 20.9. The van der Waals surface area contributed by atoms with E-state index in [0.717, 1.165) is 12.1 Å². The number of rotatable bonds is 7. The predicted molar refractivity (Wildman–Crippen MR) is 133 cm³/mol. The maximum Gasteiger partial charge on any atom is 0.323 e. The SMILES string of the molecule is Cl.N#Cc1cn(CC(=O)O)cc1-c1cc(Cl)cc(S(=O)(=O)N2CCN(Cc3ccncc3)CC2)c1. The van der Waals surface area contributed by atoms with Crippen molar-refractivity contribution in [2.75, 3.05) is 26.2 Å². The summed E-state index contributed by atoms with van der Waals surface area (Å²) in [6.45, 7) is 2.27. The van der Waals surface area contributed by atoms with Gasteiger partial charge >= 0.3 is 5.97 Å². The van der Waals surface area contributed by atoms with Crippen molar-refractivity contribution in [1.29, 1.82) is 5.26 Å². The average molecular weight is 536 g/mol. The number of sulfonamides is 1. The number of nitrogens with zero attached hydrogens (tertiary/aromatic N) is 5. The molecule has 1 aromatic carbocycles. The van der Waals surface area contributed by atoms with Gasteiger partial charge in [-0.2, -0.15) is 9.57 Å². The highest BCUT2D eigenvalue weighted by Gasteiger charge is 2.29. The van der Waals surface area contributed by atoms with Gasteiger partial charge in [0, 0.05) is 68.1 Å². The Kier molecular flexibility index (Phi) is 8.53. The van der Waals surface area contributed by atoms with E-state index in [0.29, 0.717) is 37.3 Å². The molecule has 1 aliphatic rings. The summed E-state index contributed by atoms with van der Waals surface area (Å²) in [6.07, 6.45) is 6.40. The monoisotopic (exact) mass is 535 g/mol. The average Bonchev–Trinajstić information content (AvgIpc) is 3.22. The Labute approximate surface area is 214 Å². The lowest BCUT2D eigenvalue weighted by Crippen LogP contribution is -2.48. The molecule has 0 unspecified atom stereocenters. The quantitative estimate of drug-likeness (QED) is 0.493. The van der Waals surface area contributed by atoms with Gasteiger partial charge in [0.1, 0.15) is 12.6 Å². The summed E-state index contributed by atoms with van der Waals surface area (Å²) in [5.74, 6) is -1.05. The summed E-state index contributed by atoms with van der Waals surface area (Å²) in [6, 6.07) is 10.3. The number of aliphatic carboxylic acids is 1. The third-order valence-corrected chi connectivity index (χ3v) is 7.72. The van der Waals surface area contributed by atoms with Crippen molar-refractivity contribution in [2.45, 2.75) is 18.0 Å². The fourth-order valence-electron chi connectivity index (χ4n) is 3.97. The summed E-state index contributed by atoms with van der Waals surface area (Å²) in [4.78, 5) is 17.3. The first kappa shape index (κ1) is 26.7. The topological polar surface area (TPSA) is 120 Å². The van der Waals surface area contributed by atoms with Crippen LogP contribution in [-0.4, -0.2) is 64.4 Å². The van der Waals surface area contributed by atoms with Crippen molar-refractivity contribution in [3.8, 4) is 17.2 Å². The van der Waals surface area contributed by atoms with E-state index in [1.807, 2.05) is 18.2 Å². The van der Waals surface area contributed by atoms with Gasteiger partial charge in [0.05, 0.1) is 10.5 Å².